The zero-order valence-electron chi connectivity index (χ0n) is 19.7. The smallest absolute Gasteiger partial charge is 0.197 e. The Balaban J connectivity index is 1.63. The maximum atomic E-state index is 14.6. The van der Waals surface area contributed by atoms with Gasteiger partial charge in [-0.1, -0.05) is 6.07 Å². The van der Waals surface area contributed by atoms with Gasteiger partial charge in [-0.25, -0.2) is 28.7 Å². The van der Waals surface area contributed by atoms with Crippen molar-refractivity contribution in [2.75, 3.05) is 19.0 Å². The summed E-state index contributed by atoms with van der Waals surface area (Å²) in [7, 11) is 3.81. The molecule has 0 N–H and O–H groups in total. The molecule has 0 bridgehead atoms. The number of anilines is 1. The van der Waals surface area contributed by atoms with Crippen LogP contribution in [0.15, 0.2) is 67.3 Å². The number of hydrogen-bond acceptors (Lipinski definition) is 6. The SMILES string of the molecule is CN(C)c1cc(-c2ccc(F)cc2F)nc(C(C)(C)c2cccc(-n3cnc4nccnc43)n2)c1. The number of nitrogens with zero attached hydrogens (tertiary/aromatic N) is 7. The first-order chi connectivity index (χ1) is 16.7. The minimum absolute atomic E-state index is 0.234. The number of fused-ring (bicyclic) bond motifs is 1. The van der Waals surface area contributed by atoms with Crippen molar-refractivity contribution in [1.29, 1.82) is 0 Å². The molecule has 1 aromatic carbocycles. The zero-order valence-corrected chi connectivity index (χ0v) is 19.7. The molecule has 0 atom stereocenters. The van der Waals surface area contributed by atoms with Crippen molar-refractivity contribution in [3.8, 4) is 17.1 Å². The van der Waals surface area contributed by atoms with E-state index in [-0.39, 0.29) is 5.56 Å². The number of hydrogen-bond donors (Lipinski definition) is 0. The molecule has 5 aromatic rings. The van der Waals surface area contributed by atoms with Crippen LogP contribution < -0.4 is 4.90 Å². The number of aromatic nitrogens is 6. The highest BCUT2D eigenvalue weighted by Crippen LogP contribution is 2.34. The zero-order chi connectivity index (χ0) is 24.7. The van der Waals surface area contributed by atoms with Crippen LogP contribution in [-0.2, 0) is 5.41 Å². The molecule has 0 saturated heterocycles. The molecule has 0 saturated carbocycles. The van der Waals surface area contributed by atoms with E-state index in [0.29, 0.717) is 28.5 Å². The Morgan fingerprint density at radius 3 is 2.43 bits per heavy atom. The number of imidazole rings is 1. The minimum atomic E-state index is -0.662. The van der Waals surface area contributed by atoms with Crippen molar-refractivity contribution >= 4 is 17.0 Å². The maximum Gasteiger partial charge on any atom is 0.197 e. The lowest BCUT2D eigenvalue weighted by molar-refractivity contribution is 0.582. The second-order valence-corrected chi connectivity index (χ2v) is 8.94. The first kappa shape index (κ1) is 22.5. The van der Waals surface area contributed by atoms with E-state index >= 15 is 0 Å². The third-order valence-corrected chi connectivity index (χ3v) is 5.98. The molecule has 0 amide bonds. The fraction of sp³-hybridized carbons (Fsp3) is 0.192. The summed E-state index contributed by atoms with van der Waals surface area (Å²) in [6.45, 7) is 4.02. The summed E-state index contributed by atoms with van der Waals surface area (Å²) < 4.78 is 29.9. The number of rotatable bonds is 5. The van der Waals surface area contributed by atoms with E-state index in [4.69, 9.17) is 9.97 Å². The molecule has 9 heteroatoms. The molecule has 35 heavy (non-hydrogen) atoms. The fourth-order valence-electron chi connectivity index (χ4n) is 3.89. The summed E-state index contributed by atoms with van der Waals surface area (Å²) in [5.41, 5.74) is 3.45. The molecule has 4 heterocycles. The molecular weight excluding hydrogens is 448 g/mol. The van der Waals surface area contributed by atoms with E-state index in [0.717, 1.165) is 17.4 Å². The van der Waals surface area contributed by atoms with Crippen LogP contribution in [0.1, 0.15) is 25.2 Å². The van der Waals surface area contributed by atoms with Crippen molar-refractivity contribution in [1.82, 2.24) is 29.5 Å². The van der Waals surface area contributed by atoms with Gasteiger partial charge in [0.05, 0.1) is 17.1 Å². The molecule has 7 nitrogen and oxygen atoms in total. The van der Waals surface area contributed by atoms with Crippen LogP contribution in [0.4, 0.5) is 14.5 Å². The normalized spacial score (nSPS) is 11.7. The summed E-state index contributed by atoms with van der Waals surface area (Å²) in [6, 6.07) is 13.0. The second kappa shape index (κ2) is 8.50. The van der Waals surface area contributed by atoms with Gasteiger partial charge >= 0.3 is 0 Å². The van der Waals surface area contributed by atoms with Gasteiger partial charge in [0.2, 0.25) is 0 Å². The van der Waals surface area contributed by atoms with Crippen LogP contribution in [0.5, 0.6) is 0 Å². The van der Waals surface area contributed by atoms with Crippen LogP contribution in [-0.4, -0.2) is 43.6 Å². The van der Waals surface area contributed by atoms with E-state index in [9.17, 15) is 8.78 Å². The van der Waals surface area contributed by atoms with Gasteiger partial charge < -0.3 is 4.90 Å². The molecule has 0 radical (unpaired) electrons. The van der Waals surface area contributed by atoms with Crippen LogP contribution in [0.25, 0.3) is 28.4 Å². The van der Waals surface area contributed by atoms with E-state index < -0.39 is 17.0 Å². The quantitative estimate of drug-likeness (QED) is 0.362. The van der Waals surface area contributed by atoms with E-state index in [1.807, 2.05) is 57.1 Å². The lowest BCUT2D eigenvalue weighted by Crippen LogP contribution is -2.24. The molecule has 4 aromatic heterocycles. The Morgan fingerprint density at radius 2 is 1.66 bits per heavy atom. The predicted octanol–water partition coefficient (Wildman–Crippen LogP) is 4.94. The van der Waals surface area contributed by atoms with Gasteiger partial charge in [0.1, 0.15) is 23.8 Å². The second-order valence-electron chi connectivity index (χ2n) is 8.94. The molecule has 176 valence electrons. The molecule has 0 aliphatic carbocycles. The van der Waals surface area contributed by atoms with E-state index in [2.05, 4.69) is 15.0 Å². The van der Waals surface area contributed by atoms with Crippen LogP contribution in [0.3, 0.4) is 0 Å². The van der Waals surface area contributed by atoms with Crippen molar-refractivity contribution in [2.24, 2.45) is 0 Å². The van der Waals surface area contributed by atoms with Crippen molar-refractivity contribution in [3.05, 3.63) is 90.3 Å². The molecule has 5 rings (SSSR count). The average Bonchev–Trinajstić information content (AvgIpc) is 3.28. The fourth-order valence-corrected chi connectivity index (χ4v) is 3.89. The summed E-state index contributed by atoms with van der Waals surface area (Å²) in [5.74, 6) is -0.647. The van der Waals surface area contributed by atoms with E-state index in [1.54, 1.807) is 29.4 Å². The number of benzene rings is 1. The van der Waals surface area contributed by atoms with Crippen LogP contribution in [0, 0.1) is 11.6 Å². The Bertz CT molecular complexity index is 1540. The van der Waals surface area contributed by atoms with Gasteiger partial charge in [-0.15, -0.1) is 0 Å². The van der Waals surface area contributed by atoms with Gasteiger partial charge in [-0.2, -0.15) is 0 Å². The summed E-state index contributed by atoms with van der Waals surface area (Å²) >= 11 is 0. The van der Waals surface area contributed by atoms with Crippen molar-refractivity contribution in [2.45, 2.75) is 19.3 Å². The van der Waals surface area contributed by atoms with Gasteiger partial charge in [0.15, 0.2) is 11.3 Å². The third-order valence-electron chi connectivity index (χ3n) is 5.98. The van der Waals surface area contributed by atoms with E-state index in [1.165, 1.54) is 12.1 Å². The first-order valence-corrected chi connectivity index (χ1v) is 11.0. The minimum Gasteiger partial charge on any atom is -0.378 e. The largest absolute Gasteiger partial charge is 0.378 e. The van der Waals surface area contributed by atoms with Gasteiger partial charge in [-0.05, 0) is 50.2 Å². The van der Waals surface area contributed by atoms with Crippen molar-refractivity contribution < 1.29 is 8.78 Å². The molecule has 0 spiro atoms. The number of halogens is 2. The van der Waals surface area contributed by atoms with Gasteiger partial charge in [-0.3, -0.25) is 9.55 Å². The number of pyridine rings is 2. The third kappa shape index (κ3) is 4.09. The van der Waals surface area contributed by atoms with Gasteiger partial charge in [0.25, 0.3) is 0 Å². The molecule has 0 fully saturated rings. The predicted molar refractivity (Wildman–Crippen MR) is 130 cm³/mol. The topological polar surface area (TPSA) is 72.6 Å². The Morgan fingerprint density at radius 1 is 0.857 bits per heavy atom. The molecule has 0 unspecified atom stereocenters. The highest BCUT2D eigenvalue weighted by molar-refractivity contribution is 5.68. The van der Waals surface area contributed by atoms with Crippen molar-refractivity contribution in [3.63, 3.8) is 0 Å². The first-order valence-electron chi connectivity index (χ1n) is 11.0. The highest BCUT2D eigenvalue weighted by atomic mass is 19.1. The van der Waals surface area contributed by atoms with Crippen LogP contribution >= 0.6 is 0 Å². The molecule has 0 aliphatic heterocycles. The molecule has 0 aliphatic rings. The maximum absolute atomic E-state index is 14.6. The van der Waals surface area contributed by atoms with Crippen LogP contribution in [0.2, 0.25) is 0 Å². The summed E-state index contributed by atoms with van der Waals surface area (Å²) in [6.07, 6.45) is 4.85. The Labute approximate surface area is 201 Å². The lowest BCUT2D eigenvalue weighted by Gasteiger charge is -2.26. The monoisotopic (exact) mass is 471 g/mol. The Kier molecular flexibility index (Phi) is 5.47. The standard InChI is InChI=1S/C26H23F2N7/c1-26(2,21-6-5-7-23(33-21)35-15-31-24-25(35)30-11-10-29-24)22-14-17(34(3)4)13-20(32-22)18-9-8-16(27)12-19(18)28/h5-15H,1-4H3. The summed E-state index contributed by atoms with van der Waals surface area (Å²) in [4.78, 5) is 24.5. The van der Waals surface area contributed by atoms with Gasteiger partial charge in [0, 0.05) is 49.2 Å². The molecular formula is C26H23F2N7. The lowest BCUT2D eigenvalue weighted by atomic mass is 9.84. The Hall–Kier alpha value is -4.27. The highest BCUT2D eigenvalue weighted by Gasteiger charge is 2.29. The average molecular weight is 472 g/mol. The summed E-state index contributed by atoms with van der Waals surface area (Å²) in [5, 5.41) is 0.